The van der Waals surface area contributed by atoms with Gasteiger partial charge in [-0.2, -0.15) is 0 Å². The lowest BCUT2D eigenvalue weighted by Crippen LogP contribution is -2.07. The molecule has 0 aromatic heterocycles. The van der Waals surface area contributed by atoms with Crippen LogP contribution in [0, 0.1) is 0 Å². The third-order valence-corrected chi connectivity index (χ3v) is 3.94. The van der Waals surface area contributed by atoms with E-state index in [-0.39, 0.29) is 29.7 Å². The Hall–Kier alpha value is -2.51. The van der Waals surface area contributed by atoms with Gasteiger partial charge in [-0.25, -0.2) is 8.42 Å². The number of carbonyl (C=O) groups excluding carboxylic acids is 2. The van der Waals surface area contributed by atoms with Crippen LogP contribution in [-0.2, 0) is 27.0 Å². The number of rotatable bonds is 7. The lowest BCUT2D eigenvalue weighted by Gasteiger charge is -2.12. The third kappa shape index (κ3) is 5.60. The molecule has 0 fully saturated rings. The molecule has 0 saturated heterocycles. The summed E-state index contributed by atoms with van der Waals surface area (Å²) in [4.78, 5) is 22.1. The maximum Gasteiger partial charge on any atom is 0.225 e. The van der Waals surface area contributed by atoms with E-state index in [1.807, 2.05) is 30.3 Å². The summed E-state index contributed by atoms with van der Waals surface area (Å²) in [5.41, 5.74) is 1.44. The highest BCUT2D eigenvalue weighted by Crippen LogP contribution is 2.23. The molecule has 7 heteroatoms. The van der Waals surface area contributed by atoms with Crippen LogP contribution in [0.5, 0.6) is 5.75 Å². The molecular weight excluding hydrogens is 332 g/mol. The van der Waals surface area contributed by atoms with Gasteiger partial charge in [0.05, 0.1) is 5.75 Å². The number of Topliss-reactive ketones (excluding diaryl/α,β-unsaturated/α-hetero) is 1. The first-order chi connectivity index (χ1) is 10.9. The molecule has 0 aliphatic heterocycles. The number of hydrogen-bond acceptors (Lipinski definition) is 5. The lowest BCUT2D eigenvalue weighted by molar-refractivity contribution is -0.104. The number of ketones is 1. The Labute approximate surface area is 140 Å². The van der Waals surface area contributed by atoms with Crippen molar-refractivity contribution in [2.75, 3.05) is 6.26 Å². The molecule has 0 atom stereocenters. The summed E-state index contributed by atoms with van der Waals surface area (Å²) in [6.07, 6.45) is 1.30. The second-order valence-corrected chi connectivity index (χ2v) is 7.29. The lowest BCUT2D eigenvalue weighted by atomic mass is 10.1. The van der Waals surface area contributed by atoms with Crippen LogP contribution in [-0.4, -0.2) is 32.2 Å². The molecule has 0 unspecified atom stereocenters. The predicted octanol–water partition coefficient (Wildman–Crippen LogP) is 1.37. The number of carbonyl (C=O) groups is 2. The standard InChI is InChI=1S/C17H16O5S.H2O/c1-23(20,21)12-15-9-14(16(19)10-18)7-8-17(15)22-11-13-5-3-2-4-6-13;/h2-10H,11-12H2,1H3;1H2. The van der Waals surface area contributed by atoms with Crippen molar-refractivity contribution in [2.45, 2.75) is 12.4 Å². The van der Waals surface area contributed by atoms with Gasteiger partial charge in [0.2, 0.25) is 5.78 Å². The SMILES string of the molecule is CS(=O)(=O)Cc1cc(C(=O)C=O)ccc1OCc1ccccc1.O. The van der Waals surface area contributed by atoms with Crippen molar-refractivity contribution in [3.63, 3.8) is 0 Å². The fourth-order valence-electron chi connectivity index (χ4n) is 2.07. The van der Waals surface area contributed by atoms with Gasteiger partial charge in [0.15, 0.2) is 16.1 Å². The molecule has 2 aromatic rings. The summed E-state index contributed by atoms with van der Waals surface area (Å²) in [7, 11) is -3.31. The molecule has 6 nitrogen and oxygen atoms in total. The van der Waals surface area contributed by atoms with Crippen LogP contribution in [0.3, 0.4) is 0 Å². The Morgan fingerprint density at radius 2 is 1.79 bits per heavy atom. The van der Waals surface area contributed by atoms with E-state index in [2.05, 4.69) is 0 Å². The van der Waals surface area contributed by atoms with Crippen molar-refractivity contribution in [1.29, 1.82) is 0 Å². The average Bonchev–Trinajstić information content (AvgIpc) is 2.52. The van der Waals surface area contributed by atoms with Gasteiger partial charge in [-0.3, -0.25) is 9.59 Å². The Morgan fingerprint density at radius 1 is 1.12 bits per heavy atom. The molecule has 0 amide bonds. The van der Waals surface area contributed by atoms with Gasteiger partial charge < -0.3 is 10.2 Å². The highest BCUT2D eigenvalue weighted by Gasteiger charge is 2.14. The molecule has 0 radical (unpaired) electrons. The molecule has 2 N–H and O–H groups in total. The van der Waals surface area contributed by atoms with E-state index in [0.717, 1.165) is 11.8 Å². The zero-order chi connectivity index (χ0) is 16.9. The highest BCUT2D eigenvalue weighted by atomic mass is 32.2. The van der Waals surface area contributed by atoms with Crippen molar-refractivity contribution in [3.8, 4) is 5.75 Å². The van der Waals surface area contributed by atoms with Gasteiger partial charge in [0.25, 0.3) is 0 Å². The van der Waals surface area contributed by atoms with Crippen molar-refractivity contribution in [2.24, 2.45) is 0 Å². The van der Waals surface area contributed by atoms with Crippen LogP contribution in [0.1, 0.15) is 21.5 Å². The molecule has 0 saturated carbocycles. The van der Waals surface area contributed by atoms with E-state index in [1.54, 1.807) is 0 Å². The molecule has 24 heavy (non-hydrogen) atoms. The van der Waals surface area contributed by atoms with Crippen LogP contribution < -0.4 is 4.74 Å². The van der Waals surface area contributed by atoms with Crippen LogP contribution in [0.4, 0.5) is 0 Å². The quantitative estimate of drug-likeness (QED) is 0.425. The second-order valence-electron chi connectivity index (χ2n) is 5.15. The second kappa shape index (κ2) is 8.37. The minimum atomic E-state index is -3.31. The van der Waals surface area contributed by atoms with E-state index in [4.69, 9.17) is 4.74 Å². The Balaban J connectivity index is 0.00000288. The van der Waals surface area contributed by atoms with E-state index in [0.29, 0.717) is 11.3 Å². The van der Waals surface area contributed by atoms with E-state index in [1.165, 1.54) is 18.2 Å². The van der Waals surface area contributed by atoms with Crippen LogP contribution >= 0.6 is 0 Å². The number of aldehydes is 1. The van der Waals surface area contributed by atoms with Crippen molar-refractivity contribution in [3.05, 3.63) is 65.2 Å². The summed E-state index contributed by atoms with van der Waals surface area (Å²) < 4.78 is 28.8. The molecule has 0 heterocycles. The average molecular weight is 350 g/mol. The van der Waals surface area contributed by atoms with Crippen molar-refractivity contribution >= 4 is 21.9 Å². The Morgan fingerprint density at radius 3 is 2.38 bits per heavy atom. The topological polar surface area (TPSA) is 109 Å². The fraction of sp³-hybridized carbons (Fsp3) is 0.176. The van der Waals surface area contributed by atoms with Gasteiger partial charge in [-0.1, -0.05) is 30.3 Å². The predicted molar refractivity (Wildman–Crippen MR) is 89.8 cm³/mol. The van der Waals surface area contributed by atoms with Gasteiger partial charge in [0, 0.05) is 17.4 Å². The molecule has 0 spiro atoms. The van der Waals surface area contributed by atoms with Crippen molar-refractivity contribution < 1.29 is 28.2 Å². The highest BCUT2D eigenvalue weighted by molar-refractivity contribution is 7.89. The molecular formula is C17H18O6S. The maximum absolute atomic E-state index is 11.6. The summed E-state index contributed by atoms with van der Waals surface area (Å²) in [6.45, 7) is 0.276. The van der Waals surface area contributed by atoms with Crippen LogP contribution in [0.15, 0.2) is 48.5 Å². The van der Waals surface area contributed by atoms with Crippen molar-refractivity contribution in [1.82, 2.24) is 0 Å². The van der Waals surface area contributed by atoms with E-state index >= 15 is 0 Å². The summed E-state index contributed by atoms with van der Waals surface area (Å²) >= 11 is 0. The summed E-state index contributed by atoms with van der Waals surface area (Å²) in [6, 6.07) is 13.8. The number of hydrogen-bond donors (Lipinski definition) is 0. The van der Waals surface area contributed by atoms with Gasteiger partial charge >= 0.3 is 0 Å². The monoisotopic (exact) mass is 350 g/mol. The summed E-state index contributed by atoms with van der Waals surface area (Å²) in [5.74, 6) is -0.590. The molecule has 2 aromatic carbocycles. The minimum Gasteiger partial charge on any atom is -0.489 e. The third-order valence-electron chi connectivity index (χ3n) is 3.11. The summed E-state index contributed by atoms with van der Waals surface area (Å²) in [5, 5.41) is 0. The van der Waals surface area contributed by atoms with Gasteiger partial charge in [-0.15, -0.1) is 0 Å². The van der Waals surface area contributed by atoms with Crippen LogP contribution in [0.2, 0.25) is 0 Å². The smallest absolute Gasteiger partial charge is 0.225 e. The van der Waals surface area contributed by atoms with Gasteiger partial charge in [-0.05, 0) is 23.8 Å². The number of benzene rings is 2. The Bertz CT molecular complexity index is 812. The zero-order valence-corrected chi connectivity index (χ0v) is 13.9. The van der Waals surface area contributed by atoms with Gasteiger partial charge in [0.1, 0.15) is 12.4 Å². The first kappa shape index (κ1) is 19.5. The Kier molecular flexibility index (Phi) is 6.82. The van der Waals surface area contributed by atoms with E-state index < -0.39 is 15.6 Å². The largest absolute Gasteiger partial charge is 0.489 e. The minimum absolute atomic E-state index is 0. The first-order valence-corrected chi connectivity index (χ1v) is 8.92. The number of sulfone groups is 1. The molecule has 0 aliphatic carbocycles. The van der Waals surface area contributed by atoms with Crippen LogP contribution in [0.25, 0.3) is 0 Å². The fourth-order valence-corrected chi connectivity index (χ4v) is 2.86. The number of ether oxygens (including phenoxy) is 1. The maximum atomic E-state index is 11.6. The molecule has 0 bridgehead atoms. The molecule has 0 aliphatic rings. The molecule has 2 rings (SSSR count). The first-order valence-electron chi connectivity index (χ1n) is 6.86. The molecule has 128 valence electrons. The normalized spacial score (nSPS) is 10.5. The van der Waals surface area contributed by atoms with E-state index in [9.17, 15) is 18.0 Å². The zero-order valence-electron chi connectivity index (χ0n) is 13.1.